The van der Waals surface area contributed by atoms with Crippen molar-refractivity contribution in [2.45, 2.75) is 52.6 Å². The molecule has 0 bridgehead atoms. The highest BCUT2D eigenvalue weighted by Crippen LogP contribution is 2.22. The lowest BCUT2D eigenvalue weighted by atomic mass is 9.91. The second kappa shape index (κ2) is 7.80. The summed E-state index contributed by atoms with van der Waals surface area (Å²) in [5.74, 6) is 0.805. The van der Waals surface area contributed by atoms with Crippen LogP contribution in [0.2, 0.25) is 0 Å². The van der Waals surface area contributed by atoms with Crippen molar-refractivity contribution in [3.63, 3.8) is 0 Å². The molecule has 112 valence electrons. The molecule has 1 saturated heterocycles. The highest BCUT2D eigenvalue weighted by molar-refractivity contribution is 5.25. The highest BCUT2D eigenvalue weighted by Gasteiger charge is 2.24. The van der Waals surface area contributed by atoms with Crippen molar-refractivity contribution in [2.24, 2.45) is 5.92 Å². The molecular formula is C18H30N2. The van der Waals surface area contributed by atoms with Gasteiger partial charge in [-0.25, -0.2) is 0 Å². The molecule has 20 heavy (non-hydrogen) atoms. The zero-order chi connectivity index (χ0) is 14.4. The Kier molecular flexibility index (Phi) is 6.06. The van der Waals surface area contributed by atoms with Crippen molar-refractivity contribution in [2.75, 3.05) is 19.6 Å². The molecule has 2 unspecified atom stereocenters. The minimum atomic E-state index is 0.648. The summed E-state index contributed by atoms with van der Waals surface area (Å²) in [5, 5.41) is 3.67. The van der Waals surface area contributed by atoms with Gasteiger partial charge >= 0.3 is 0 Å². The molecular weight excluding hydrogens is 244 g/mol. The first kappa shape index (κ1) is 15.5. The number of aryl methyl sites for hydroxylation is 1. The lowest BCUT2D eigenvalue weighted by Gasteiger charge is -2.36. The van der Waals surface area contributed by atoms with Crippen molar-refractivity contribution in [1.29, 1.82) is 0 Å². The normalized spacial score (nSPS) is 21.9. The van der Waals surface area contributed by atoms with Crippen LogP contribution in [-0.4, -0.2) is 30.6 Å². The summed E-state index contributed by atoms with van der Waals surface area (Å²) in [7, 11) is 0. The van der Waals surface area contributed by atoms with Gasteiger partial charge in [0.1, 0.15) is 0 Å². The van der Waals surface area contributed by atoms with Gasteiger partial charge in [-0.05, 0) is 63.2 Å². The predicted molar refractivity (Wildman–Crippen MR) is 86.9 cm³/mol. The number of likely N-dealkylation sites (tertiary alicyclic amines) is 1. The van der Waals surface area contributed by atoms with Crippen LogP contribution >= 0.6 is 0 Å². The molecule has 0 saturated carbocycles. The third-order valence-corrected chi connectivity index (χ3v) is 4.62. The minimum absolute atomic E-state index is 0.648. The van der Waals surface area contributed by atoms with Crippen LogP contribution in [-0.2, 0) is 6.54 Å². The standard InChI is InChI=1S/C18H30N2/c1-4-11-19-16(3)18-10-7-12-20(14-18)13-17-9-6-5-8-15(17)2/h5-6,8-9,16,18-19H,4,7,10-14H2,1-3H3. The third kappa shape index (κ3) is 4.32. The van der Waals surface area contributed by atoms with Crippen molar-refractivity contribution in [1.82, 2.24) is 10.2 Å². The minimum Gasteiger partial charge on any atom is -0.314 e. The third-order valence-electron chi connectivity index (χ3n) is 4.62. The Bertz CT molecular complexity index is 402. The fourth-order valence-corrected chi connectivity index (χ4v) is 3.21. The first-order chi connectivity index (χ1) is 9.70. The summed E-state index contributed by atoms with van der Waals surface area (Å²) >= 11 is 0. The van der Waals surface area contributed by atoms with E-state index in [0.29, 0.717) is 6.04 Å². The quantitative estimate of drug-likeness (QED) is 0.853. The molecule has 1 N–H and O–H groups in total. The maximum absolute atomic E-state index is 3.67. The number of hydrogen-bond acceptors (Lipinski definition) is 2. The van der Waals surface area contributed by atoms with E-state index in [1.165, 1.54) is 43.5 Å². The lowest BCUT2D eigenvalue weighted by molar-refractivity contribution is 0.144. The molecule has 1 aliphatic heterocycles. The van der Waals surface area contributed by atoms with Crippen LogP contribution in [0, 0.1) is 12.8 Å². The van der Waals surface area contributed by atoms with Gasteiger partial charge in [0, 0.05) is 19.1 Å². The maximum Gasteiger partial charge on any atom is 0.0236 e. The molecule has 0 spiro atoms. The van der Waals surface area contributed by atoms with Gasteiger partial charge in [0.2, 0.25) is 0 Å². The monoisotopic (exact) mass is 274 g/mol. The fraction of sp³-hybridized carbons (Fsp3) is 0.667. The second-order valence-electron chi connectivity index (χ2n) is 6.31. The summed E-state index contributed by atoms with van der Waals surface area (Å²) in [4.78, 5) is 2.64. The number of piperidine rings is 1. The Morgan fingerprint density at radius 2 is 2.15 bits per heavy atom. The van der Waals surface area contributed by atoms with Gasteiger partial charge in [-0.15, -0.1) is 0 Å². The Hall–Kier alpha value is -0.860. The Morgan fingerprint density at radius 1 is 1.35 bits per heavy atom. The van der Waals surface area contributed by atoms with Gasteiger partial charge < -0.3 is 5.32 Å². The van der Waals surface area contributed by atoms with E-state index in [2.05, 4.69) is 55.3 Å². The van der Waals surface area contributed by atoms with Crippen molar-refractivity contribution in [3.8, 4) is 0 Å². The summed E-state index contributed by atoms with van der Waals surface area (Å²) in [6.07, 6.45) is 3.95. The number of nitrogens with one attached hydrogen (secondary N) is 1. The molecule has 1 heterocycles. The van der Waals surface area contributed by atoms with Gasteiger partial charge in [-0.2, -0.15) is 0 Å². The van der Waals surface area contributed by atoms with Crippen LogP contribution in [0.3, 0.4) is 0 Å². The molecule has 0 radical (unpaired) electrons. The molecule has 2 heteroatoms. The van der Waals surface area contributed by atoms with Crippen LogP contribution in [0.25, 0.3) is 0 Å². The molecule has 1 aliphatic rings. The van der Waals surface area contributed by atoms with E-state index in [-0.39, 0.29) is 0 Å². The first-order valence-corrected chi connectivity index (χ1v) is 8.21. The number of rotatable bonds is 6. The van der Waals surface area contributed by atoms with Gasteiger partial charge in [0.15, 0.2) is 0 Å². The molecule has 1 aromatic rings. The summed E-state index contributed by atoms with van der Waals surface area (Å²) in [5.41, 5.74) is 2.91. The largest absolute Gasteiger partial charge is 0.314 e. The van der Waals surface area contributed by atoms with E-state index in [1.54, 1.807) is 0 Å². The maximum atomic E-state index is 3.67. The Labute approximate surface area is 124 Å². The Morgan fingerprint density at radius 3 is 2.90 bits per heavy atom. The molecule has 2 rings (SSSR count). The van der Waals surface area contributed by atoms with E-state index >= 15 is 0 Å². The van der Waals surface area contributed by atoms with Gasteiger partial charge in [-0.3, -0.25) is 4.90 Å². The number of nitrogens with zero attached hydrogens (tertiary/aromatic N) is 1. The zero-order valence-electron chi connectivity index (χ0n) is 13.4. The smallest absolute Gasteiger partial charge is 0.0236 e. The highest BCUT2D eigenvalue weighted by atomic mass is 15.1. The summed E-state index contributed by atoms with van der Waals surface area (Å²) < 4.78 is 0. The van der Waals surface area contributed by atoms with Crippen molar-refractivity contribution >= 4 is 0 Å². The predicted octanol–water partition coefficient (Wildman–Crippen LogP) is 3.60. The molecule has 2 atom stereocenters. The lowest BCUT2D eigenvalue weighted by Crippen LogP contribution is -2.44. The van der Waals surface area contributed by atoms with E-state index in [9.17, 15) is 0 Å². The van der Waals surface area contributed by atoms with Crippen molar-refractivity contribution in [3.05, 3.63) is 35.4 Å². The molecule has 1 aromatic carbocycles. The summed E-state index contributed by atoms with van der Waals surface area (Å²) in [6.45, 7) is 11.6. The van der Waals surface area contributed by atoms with Crippen LogP contribution in [0.4, 0.5) is 0 Å². The van der Waals surface area contributed by atoms with E-state index in [4.69, 9.17) is 0 Å². The summed E-state index contributed by atoms with van der Waals surface area (Å²) in [6, 6.07) is 9.44. The molecule has 2 nitrogen and oxygen atoms in total. The topological polar surface area (TPSA) is 15.3 Å². The fourth-order valence-electron chi connectivity index (χ4n) is 3.21. The molecule has 0 aromatic heterocycles. The zero-order valence-corrected chi connectivity index (χ0v) is 13.4. The van der Waals surface area contributed by atoms with Gasteiger partial charge in [0.25, 0.3) is 0 Å². The second-order valence-corrected chi connectivity index (χ2v) is 6.31. The number of benzene rings is 1. The average Bonchev–Trinajstić information content (AvgIpc) is 2.47. The van der Waals surface area contributed by atoms with Gasteiger partial charge in [0.05, 0.1) is 0 Å². The van der Waals surface area contributed by atoms with Crippen LogP contribution < -0.4 is 5.32 Å². The van der Waals surface area contributed by atoms with Crippen LogP contribution in [0.15, 0.2) is 24.3 Å². The van der Waals surface area contributed by atoms with Gasteiger partial charge in [-0.1, -0.05) is 31.2 Å². The Balaban J connectivity index is 1.89. The average molecular weight is 274 g/mol. The van der Waals surface area contributed by atoms with E-state index in [1.807, 2.05) is 0 Å². The van der Waals surface area contributed by atoms with Crippen molar-refractivity contribution < 1.29 is 0 Å². The SMILES string of the molecule is CCCNC(C)C1CCCN(Cc2ccccc2C)C1. The van der Waals surface area contributed by atoms with E-state index in [0.717, 1.165) is 19.0 Å². The first-order valence-electron chi connectivity index (χ1n) is 8.21. The molecule has 0 aliphatic carbocycles. The van der Waals surface area contributed by atoms with E-state index < -0.39 is 0 Å². The molecule has 0 amide bonds. The van der Waals surface area contributed by atoms with Crippen LogP contribution in [0.5, 0.6) is 0 Å². The molecule has 1 fully saturated rings. The van der Waals surface area contributed by atoms with Crippen LogP contribution in [0.1, 0.15) is 44.2 Å². The number of hydrogen-bond donors (Lipinski definition) is 1.